The van der Waals surface area contributed by atoms with Crippen molar-refractivity contribution in [2.45, 2.75) is 10.6 Å². The van der Waals surface area contributed by atoms with Crippen LogP contribution in [-0.2, 0) is 5.75 Å². The van der Waals surface area contributed by atoms with E-state index in [0.717, 1.165) is 22.8 Å². The first kappa shape index (κ1) is 13.0. The molecule has 4 rings (SSSR count). The third-order valence-electron chi connectivity index (χ3n) is 3.53. The van der Waals surface area contributed by atoms with Crippen molar-refractivity contribution < 1.29 is 4.92 Å². The number of nitro benzene ring substituents is 1. The molecule has 0 spiro atoms. The van der Waals surface area contributed by atoms with Crippen LogP contribution in [0.4, 0.5) is 5.69 Å². The molecular formula is C15H10N4O2S. The first-order chi connectivity index (χ1) is 10.7. The summed E-state index contributed by atoms with van der Waals surface area (Å²) in [5.74, 6) is 2.35. The van der Waals surface area contributed by atoms with Crippen molar-refractivity contribution in [3.05, 3.63) is 64.5 Å². The van der Waals surface area contributed by atoms with Gasteiger partial charge in [0.25, 0.3) is 5.69 Å². The normalized spacial score (nSPS) is 12.5. The fourth-order valence-corrected chi connectivity index (χ4v) is 3.44. The summed E-state index contributed by atoms with van der Waals surface area (Å²) in [5, 5.41) is 19.3. The van der Waals surface area contributed by atoms with Crippen LogP contribution in [0.3, 0.4) is 0 Å². The molecule has 0 amide bonds. The highest BCUT2D eigenvalue weighted by Crippen LogP contribution is 2.37. The van der Waals surface area contributed by atoms with Gasteiger partial charge in [-0.05, 0) is 24.3 Å². The van der Waals surface area contributed by atoms with Crippen LogP contribution in [0.2, 0.25) is 0 Å². The average Bonchev–Trinajstić information content (AvgIpc) is 2.99. The van der Waals surface area contributed by atoms with Crippen LogP contribution < -0.4 is 0 Å². The maximum absolute atomic E-state index is 10.8. The Morgan fingerprint density at radius 3 is 2.64 bits per heavy atom. The average molecular weight is 310 g/mol. The smallest absolute Gasteiger partial charge is 0.269 e. The second-order valence-electron chi connectivity index (χ2n) is 4.84. The minimum atomic E-state index is -0.408. The zero-order chi connectivity index (χ0) is 15.1. The Balaban J connectivity index is 1.86. The molecule has 2 aromatic carbocycles. The number of para-hydroxylation sites is 1. The van der Waals surface area contributed by atoms with Crippen molar-refractivity contribution in [1.29, 1.82) is 0 Å². The van der Waals surface area contributed by atoms with Crippen molar-refractivity contribution in [2.24, 2.45) is 0 Å². The molecule has 0 unspecified atom stereocenters. The van der Waals surface area contributed by atoms with E-state index in [0.29, 0.717) is 5.82 Å². The predicted molar refractivity (Wildman–Crippen MR) is 83.0 cm³/mol. The van der Waals surface area contributed by atoms with E-state index in [9.17, 15) is 10.1 Å². The van der Waals surface area contributed by atoms with Gasteiger partial charge in [0.15, 0.2) is 5.82 Å². The van der Waals surface area contributed by atoms with Gasteiger partial charge in [-0.15, -0.1) is 22.0 Å². The lowest BCUT2D eigenvalue weighted by Gasteiger charge is -2.18. The Hall–Kier alpha value is -2.67. The third kappa shape index (κ3) is 1.98. The van der Waals surface area contributed by atoms with E-state index < -0.39 is 4.92 Å². The number of benzene rings is 2. The maximum atomic E-state index is 10.8. The molecule has 3 aromatic rings. The molecule has 108 valence electrons. The molecule has 0 saturated carbocycles. The van der Waals surface area contributed by atoms with Gasteiger partial charge in [-0.3, -0.25) is 14.7 Å². The number of hydrogen-bond donors (Lipinski definition) is 0. The fraction of sp³-hybridized carbons (Fsp3) is 0.0667. The van der Waals surface area contributed by atoms with Crippen LogP contribution in [0.5, 0.6) is 0 Å². The molecule has 0 aliphatic carbocycles. The van der Waals surface area contributed by atoms with Crippen LogP contribution in [0.1, 0.15) is 5.82 Å². The lowest BCUT2D eigenvalue weighted by molar-refractivity contribution is -0.384. The van der Waals surface area contributed by atoms with Crippen LogP contribution in [0.15, 0.2) is 53.4 Å². The summed E-state index contributed by atoms with van der Waals surface area (Å²) in [7, 11) is 0. The van der Waals surface area contributed by atoms with Gasteiger partial charge in [0.1, 0.15) is 5.82 Å². The van der Waals surface area contributed by atoms with E-state index in [4.69, 9.17) is 0 Å². The van der Waals surface area contributed by atoms with Gasteiger partial charge in [-0.2, -0.15) is 0 Å². The number of rotatable bonds is 2. The third-order valence-corrected chi connectivity index (χ3v) is 4.59. The van der Waals surface area contributed by atoms with Gasteiger partial charge < -0.3 is 0 Å². The first-order valence-corrected chi connectivity index (χ1v) is 7.64. The van der Waals surface area contributed by atoms with Crippen LogP contribution in [0.25, 0.3) is 17.1 Å². The molecule has 0 radical (unpaired) electrons. The molecule has 2 heterocycles. The zero-order valence-electron chi connectivity index (χ0n) is 11.3. The lowest BCUT2D eigenvalue weighted by atomic mass is 10.2. The molecular weight excluding hydrogens is 300 g/mol. The second-order valence-corrected chi connectivity index (χ2v) is 5.85. The Morgan fingerprint density at radius 1 is 1.09 bits per heavy atom. The van der Waals surface area contributed by atoms with Gasteiger partial charge in [-0.25, -0.2) is 0 Å². The highest BCUT2D eigenvalue weighted by Gasteiger charge is 2.22. The van der Waals surface area contributed by atoms with Crippen LogP contribution in [0, 0.1) is 10.1 Å². The summed E-state index contributed by atoms with van der Waals surface area (Å²) >= 11 is 1.73. The van der Waals surface area contributed by atoms with Gasteiger partial charge in [0.05, 0.1) is 16.4 Å². The number of hydrogen-bond acceptors (Lipinski definition) is 5. The number of non-ortho nitro benzene ring substituents is 1. The molecule has 0 fully saturated rings. The molecule has 1 aliphatic rings. The number of aromatic nitrogens is 3. The quantitative estimate of drug-likeness (QED) is 0.535. The van der Waals surface area contributed by atoms with Crippen LogP contribution in [-0.4, -0.2) is 19.7 Å². The van der Waals surface area contributed by atoms with E-state index in [-0.39, 0.29) is 5.69 Å². The fourth-order valence-electron chi connectivity index (χ4n) is 2.49. The van der Waals surface area contributed by atoms with Gasteiger partial charge in [-0.1, -0.05) is 12.1 Å². The van der Waals surface area contributed by atoms with Crippen molar-refractivity contribution in [2.75, 3.05) is 0 Å². The molecule has 7 heteroatoms. The summed E-state index contributed by atoms with van der Waals surface area (Å²) in [4.78, 5) is 11.5. The van der Waals surface area contributed by atoms with Crippen molar-refractivity contribution in [3.8, 4) is 17.1 Å². The largest absolute Gasteiger partial charge is 0.277 e. The molecule has 22 heavy (non-hydrogen) atoms. The van der Waals surface area contributed by atoms with E-state index in [1.165, 1.54) is 17.0 Å². The van der Waals surface area contributed by atoms with Gasteiger partial charge in [0, 0.05) is 22.6 Å². The summed E-state index contributed by atoms with van der Waals surface area (Å²) in [6, 6.07) is 14.5. The Morgan fingerprint density at radius 2 is 1.86 bits per heavy atom. The lowest BCUT2D eigenvalue weighted by Crippen LogP contribution is -2.07. The summed E-state index contributed by atoms with van der Waals surface area (Å²) in [5.41, 5.74) is 1.93. The highest BCUT2D eigenvalue weighted by molar-refractivity contribution is 7.98. The van der Waals surface area contributed by atoms with E-state index in [1.54, 1.807) is 23.9 Å². The first-order valence-electron chi connectivity index (χ1n) is 6.65. The molecule has 6 nitrogen and oxygen atoms in total. The summed E-state index contributed by atoms with van der Waals surface area (Å²) in [6.07, 6.45) is 0. The van der Waals surface area contributed by atoms with E-state index in [1.807, 2.05) is 22.8 Å². The van der Waals surface area contributed by atoms with E-state index in [2.05, 4.69) is 16.3 Å². The summed E-state index contributed by atoms with van der Waals surface area (Å²) < 4.78 is 2.02. The van der Waals surface area contributed by atoms with Crippen LogP contribution >= 0.6 is 11.8 Å². The summed E-state index contributed by atoms with van der Waals surface area (Å²) in [6.45, 7) is 0. The molecule has 0 N–H and O–H groups in total. The second kappa shape index (κ2) is 4.96. The number of nitro groups is 1. The number of thioether (sulfide) groups is 1. The minimum absolute atomic E-state index is 0.0677. The molecule has 0 saturated heterocycles. The standard InChI is InChI=1S/C15H10N4O2S/c20-19(21)11-7-5-10(6-8-11)15-17-16-14-9-22-13-4-2-1-3-12(13)18(14)15/h1-8H,9H2. The monoisotopic (exact) mass is 310 g/mol. The Bertz CT molecular complexity index is 874. The topological polar surface area (TPSA) is 73.8 Å². The zero-order valence-corrected chi connectivity index (χ0v) is 12.2. The highest BCUT2D eigenvalue weighted by atomic mass is 32.2. The number of fused-ring (bicyclic) bond motifs is 3. The van der Waals surface area contributed by atoms with E-state index >= 15 is 0 Å². The van der Waals surface area contributed by atoms with Crippen molar-refractivity contribution in [3.63, 3.8) is 0 Å². The minimum Gasteiger partial charge on any atom is -0.277 e. The number of nitrogens with zero attached hydrogens (tertiary/aromatic N) is 4. The Labute approximate surface area is 130 Å². The van der Waals surface area contributed by atoms with Gasteiger partial charge >= 0.3 is 0 Å². The SMILES string of the molecule is O=[N+]([O-])c1ccc(-c2nnc3n2-c2ccccc2SC3)cc1. The maximum Gasteiger partial charge on any atom is 0.269 e. The van der Waals surface area contributed by atoms with Crippen molar-refractivity contribution in [1.82, 2.24) is 14.8 Å². The van der Waals surface area contributed by atoms with Crippen molar-refractivity contribution >= 4 is 17.4 Å². The molecule has 0 bridgehead atoms. The van der Waals surface area contributed by atoms with Gasteiger partial charge in [0.2, 0.25) is 0 Å². The molecule has 1 aliphatic heterocycles. The Kier molecular flexibility index (Phi) is 2.93. The predicted octanol–water partition coefficient (Wildman–Crippen LogP) is 3.45. The molecule has 1 aromatic heterocycles. The molecule has 0 atom stereocenters.